The zero-order valence-electron chi connectivity index (χ0n) is 9.78. The molecule has 1 aromatic rings. The predicted molar refractivity (Wildman–Crippen MR) is 66.8 cm³/mol. The van der Waals surface area contributed by atoms with Crippen LogP contribution in [0.3, 0.4) is 0 Å². The fourth-order valence-corrected chi connectivity index (χ4v) is 2.18. The van der Waals surface area contributed by atoms with Gasteiger partial charge in [0.25, 0.3) is 0 Å². The molecule has 3 N–H and O–H groups in total. The van der Waals surface area contributed by atoms with E-state index in [1.165, 1.54) is 19.3 Å². The van der Waals surface area contributed by atoms with E-state index in [0.29, 0.717) is 12.6 Å². The monoisotopic (exact) mass is 220 g/mol. The van der Waals surface area contributed by atoms with Crippen molar-refractivity contribution in [3.63, 3.8) is 0 Å². The molecule has 3 nitrogen and oxygen atoms in total. The van der Waals surface area contributed by atoms with E-state index >= 15 is 0 Å². The van der Waals surface area contributed by atoms with Crippen molar-refractivity contribution in [3.8, 4) is 5.75 Å². The van der Waals surface area contributed by atoms with Gasteiger partial charge in [-0.3, -0.25) is 0 Å². The maximum atomic E-state index is 5.82. The molecular formula is C13H20N2O. The van der Waals surface area contributed by atoms with Gasteiger partial charge in [0, 0.05) is 12.6 Å². The van der Waals surface area contributed by atoms with Crippen LogP contribution < -0.4 is 15.8 Å². The van der Waals surface area contributed by atoms with E-state index in [1.54, 1.807) is 7.11 Å². The smallest absolute Gasteiger partial charge is 0.141 e. The van der Waals surface area contributed by atoms with Crippen LogP contribution in [-0.4, -0.2) is 19.7 Å². The number of nitrogens with two attached hydrogens (primary N) is 1. The fraction of sp³-hybridized carbons (Fsp3) is 0.538. The lowest BCUT2D eigenvalue weighted by atomic mass is 9.79. The number of methoxy groups -OCH3 is 1. The largest absolute Gasteiger partial charge is 0.495 e. The molecule has 0 heterocycles. The number of benzene rings is 1. The van der Waals surface area contributed by atoms with Gasteiger partial charge < -0.3 is 15.8 Å². The Kier molecular flexibility index (Phi) is 3.67. The highest BCUT2D eigenvalue weighted by Gasteiger charge is 2.26. The number of hydrogen-bond acceptors (Lipinski definition) is 3. The maximum absolute atomic E-state index is 5.82. The van der Waals surface area contributed by atoms with Gasteiger partial charge in [-0.1, -0.05) is 18.6 Å². The predicted octanol–water partition coefficient (Wildman–Crippen LogP) is 2.23. The third-order valence-corrected chi connectivity index (χ3v) is 3.42. The van der Waals surface area contributed by atoms with Crippen LogP contribution in [0.5, 0.6) is 5.75 Å². The Bertz CT molecular complexity index is 336. The van der Waals surface area contributed by atoms with E-state index in [4.69, 9.17) is 10.5 Å². The number of ether oxygens (including phenoxy) is 1. The van der Waals surface area contributed by atoms with Crippen LogP contribution in [0.2, 0.25) is 0 Å². The second-order valence-electron chi connectivity index (χ2n) is 4.38. The third-order valence-electron chi connectivity index (χ3n) is 3.42. The summed E-state index contributed by atoms with van der Waals surface area (Å²) in [5, 5.41) is 3.50. The minimum atomic E-state index is 0.380. The summed E-state index contributed by atoms with van der Waals surface area (Å²) in [4.78, 5) is 0. The summed E-state index contributed by atoms with van der Waals surface area (Å²) in [7, 11) is 1.70. The fourth-order valence-electron chi connectivity index (χ4n) is 2.18. The second-order valence-corrected chi connectivity index (χ2v) is 4.38. The molecule has 0 saturated heterocycles. The number of hydrogen-bond donors (Lipinski definition) is 2. The molecule has 0 aliphatic heterocycles. The topological polar surface area (TPSA) is 47.3 Å². The summed E-state index contributed by atoms with van der Waals surface area (Å²) in [5.41, 5.74) is 6.87. The van der Waals surface area contributed by atoms with Gasteiger partial charge in [0.1, 0.15) is 5.75 Å². The van der Waals surface area contributed by atoms with Crippen LogP contribution in [-0.2, 0) is 0 Å². The zero-order valence-corrected chi connectivity index (χ0v) is 9.78. The van der Waals surface area contributed by atoms with Gasteiger partial charge in [0.15, 0.2) is 0 Å². The first kappa shape index (κ1) is 11.3. The van der Waals surface area contributed by atoms with Gasteiger partial charge in [-0.2, -0.15) is 0 Å². The number of rotatable bonds is 5. The maximum Gasteiger partial charge on any atom is 0.141 e. The molecule has 1 saturated carbocycles. The van der Waals surface area contributed by atoms with Crippen LogP contribution in [0, 0.1) is 5.92 Å². The Morgan fingerprint density at radius 1 is 1.44 bits per heavy atom. The normalized spacial score (nSPS) is 17.6. The summed E-state index contributed by atoms with van der Waals surface area (Å²) in [6.45, 7) is 0.683. The van der Waals surface area contributed by atoms with Crippen molar-refractivity contribution < 1.29 is 4.74 Å². The third kappa shape index (κ3) is 2.30. The molecule has 0 spiro atoms. The van der Waals surface area contributed by atoms with Crippen LogP contribution >= 0.6 is 0 Å². The Balaban J connectivity index is 2.05. The molecular weight excluding hydrogens is 200 g/mol. The van der Waals surface area contributed by atoms with Gasteiger partial charge in [-0.15, -0.1) is 0 Å². The van der Waals surface area contributed by atoms with Crippen LogP contribution in [0.1, 0.15) is 19.3 Å². The van der Waals surface area contributed by atoms with E-state index in [1.807, 2.05) is 24.3 Å². The first-order chi connectivity index (χ1) is 7.85. The van der Waals surface area contributed by atoms with E-state index in [2.05, 4.69) is 5.32 Å². The average molecular weight is 220 g/mol. The lowest BCUT2D eigenvalue weighted by Gasteiger charge is -2.34. The summed E-state index contributed by atoms with van der Waals surface area (Å²) >= 11 is 0. The molecule has 0 aromatic heterocycles. The molecule has 1 unspecified atom stereocenters. The van der Waals surface area contributed by atoms with Crippen molar-refractivity contribution in [2.24, 2.45) is 11.7 Å². The molecule has 1 aliphatic rings. The first-order valence-electron chi connectivity index (χ1n) is 5.94. The van der Waals surface area contributed by atoms with Crippen molar-refractivity contribution in [3.05, 3.63) is 24.3 Å². The molecule has 1 atom stereocenters. The first-order valence-corrected chi connectivity index (χ1v) is 5.94. The van der Waals surface area contributed by atoms with Crippen molar-refractivity contribution >= 4 is 5.69 Å². The quantitative estimate of drug-likeness (QED) is 0.800. The molecule has 0 amide bonds. The highest BCUT2D eigenvalue weighted by molar-refractivity contribution is 5.56. The van der Waals surface area contributed by atoms with Crippen molar-refractivity contribution in [1.29, 1.82) is 0 Å². The van der Waals surface area contributed by atoms with Gasteiger partial charge in [0.2, 0.25) is 0 Å². The standard InChI is InChI=1S/C13H20N2O/c1-16-13-8-3-2-7-11(13)15-12(9-14)10-5-4-6-10/h2-3,7-8,10,12,15H,4-6,9,14H2,1H3. The molecule has 3 heteroatoms. The summed E-state index contributed by atoms with van der Waals surface area (Å²) in [5.74, 6) is 1.62. The van der Waals surface area contributed by atoms with Gasteiger partial charge in [-0.05, 0) is 30.9 Å². The Morgan fingerprint density at radius 2 is 2.19 bits per heavy atom. The van der Waals surface area contributed by atoms with E-state index in [0.717, 1.165) is 17.4 Å². The number of para-hydroxylation sites is 2. The van der Waals surface area contributed by atoms with E-state index in [-0.39, 0.29) is 0 Å². The van der Waals surface area contributed by atoms with Gasteiger partial charge in [-0.25, -0.2) is 0 Å². The minimum absolute atomic E-state index is 0.380. The lowest BCUT2D eigenvalue weighted by Crippen LogP contribution is -2.39. The molecule has 0 radical (unpaired) electrons. The highest BCUT2D eigenvalue weighted by Crippen LogP contribution is 2.32. The molecule has 1 aliphatic carbocycles. The second kappa shape index (κ2) is 5.21. The SMILES string of the molecule is COc1ccccc1NC(CN)C1CCC1. The Labute approximate surface area is 97.0 Å². The summed E-state index contributed by atoms with van der Waals surface area (Å²) in [6.07, 6.45) is 3.93. The average Bonchev–Trinajstić information content (AvgIpc) is 2.26. The zero-order chi connectivity index (χ0) is 11.4. The molecule has 16 heavy (non-hydrogen) atoms. The number of nitrogens with one attached hydrogen (secondary N) is 1. The summed E-state index contributed by atoms with van der Waals surface area (Å²) in [6, 6.07) is 8.38. The lowest BCUT2D eigenvalue weighted by molar-refractivity contribution is 0.277. The highest BCUT2D eigenvalue weighted by atomic mass is 16.5. The molecule has 2 rings (SSSR count). The Morgan fingerprint density at radius 3 is 2.75 bits per heavy atom. The molecule has 1 fully saturated rings. The Hall–Kier alpha value is -1.22. The van der Waals surface area contributed by atoms with E-state index in [9.17, 15) is 0 Å². The van der Waals surface area contributed by atoms with E-state index < -0.39 is 0 Å². The van der Waals surface area contributed by atoms with Crippen LogP contribution in [0.15, 0.2) is 24.3 Å². The van der Waals surface area contributed by atoms with Crippen LogP contribution in [0.25, 0.3) is 0 Å². The van der Waals surface area contributed by atoms with Crippen LogP contribution in [0.4, 0.5) is 5.69 Å². The van der Waals surface area contributed by atoms with Crippen molar-refractivity contribution in [2.45, 2.75) is 25.3 Å². The molecule has 1 aromatic carbocycles. The van der Waals surface area contributed by atoms with Gasteiger partial charge in [0.05, 0.1) is 12.8 Å². The van der Waals surface area contributed by atoms with Gasteiger partial charge >= 0.3 is 0 Å². The minimum Gasteiger partial charge on any atom is -0.495 e. The van der Waals surface area contributed by atoms with Crippen molar-refractivity contribution in [2.75, 3.05) is 19.0 Å². The summed E-state index contributed by atoms with van der Waals surface area (Å²) < 4.78 is 5.32. The number of anilines is 1. The molecule has 0 bridgehead atoms. The van der Waals surface area contributed by atoms with Crippen molar-refractivity contribution in [1.82, 2.24) is 0 Å². The molecule has 88 valence electrons.